The number of aromatic nitrogens is 3. The van der Waals surface area contributed by atoms with Crippen LogP contribution in [-0.2, 0) is 0 Å². The Balaban J connectivity index is 1.59. The van der Waals surface area contributed by atoms with Crippen LogP contribution in [-0.4, -0.2) is 14.1 Å². The number of rotatable bonds is 3. The number of hydrogen-bond acceptors (Lipinski definition) is 2. The highest BCUT2D eigenvalue weighted by atomic mass is 15.0. The highest BCUT2D eigenvalue weighted by Gasteiger charge is 2.22. The fourth-order valence-corrected chi connectivity index (χ4v) is 6.78. The van der Waals surface area contributed by atoms with Crippen LogP contribution in [0, 0.1) is 39.0 Å². The zero-order chi connectivity index (χ0) is 30.1. The molecule has 8 rings (SSSR count). The van der Waals surface area contributed by atoms with E-state index in [-0.39, 0.29) is 0 Å². The Morgan fingerprint density at radius 2 is 0.932 bits per heavy atom. The van der Waals surface area contributed by atoms with E-state index in [1.807, 2.05) is 12.3 Å². The van der Waals surface area contributed by atoms with Crippen molar-refractivity contribution in [2.75, 3.05) is 0 Å². The molecule has 0 aliphatic heterocycles. The third-order valence-electron chi connectivity index (χ3n) is 8.84. The van der Waals surface area contributed by atoms with Crippen LogP contribution in [0.3, 0.4) is 0 Å². The molecule has 4 heteroatoms. The van der Waals surface area contributed by atoms with Crippen molar-refractivity contribution in [3.05, 3.63) is 137 Å². The predicted molar refractivity (Wildman–Crippen MR) is 182 cm³/mol. The van der Waals surface area contributed by atoms with Gasteiger partial charge in [0.15, 0.2) is 0 Å². The molecular formula is C40H30N4. The first kappa shape index (κ1) is 26.0. The van der Waals surface area contributed by atoms with Gasteiger partial charge < -0.3 is 9.13 Å². The Morgan fingerprint density at radius 1 is 0.523 bits per heavy atom. The van der Waals surface area contributed by atoms with Crippen LogP contribution in [0.5, 0.6) is 0 Å². The van der Waals surface area contributed by atoms with E-state index in [0.29, 0.717) is 5.56 Å². The lowest BCUT2D eigenvalue weighted by atomic mass is 10.0. The summed E-state index contributed by atoms with van der Waals surface area (Å²) in [5, 5.41) is 15.8. The zero-order valence-electron chi connectivity index (χ0n) is 25.2. The van der Waals surface area contributed by atoms with Crippen LogP contribution in [0.25, 0.3) is 66.1 Å². The molecule has 210 valence electrons. The number of aryl methyl sites for hydroxylation is 4. The topological polar surface area (TPSA) is 46.5 Å². The molecule has 0 amide bonds. The second kappa shape index (κ2) is 9.69. The summed E-state index contributed by atoms with van der Waals surface area (Å²) < 4.78 is 4.58. The summed E-state index contributed by atoms with van der Waals surface area (Å²) in [6.07, 6.45) is 3.70. The first-order valence-corrected chi connectivity index (χ1v) is 14.9. The monoisotopic (exact) mass is 566 g/mol. The molecule has 3 aromatic heterocycles. The van der Waals surface area contributed by atoms with Crippen LogP contribution < -0.4 is 0 Å². The van der Waals surface area contributed by atoms with Crippen LogP contribution in [0.4, 0.5) is 0 Å². The molecule has 0 saturated carbocycles. The van der Waals surface area contributed by atoms with Crippen LogP contribution in [0.2, 0.25) is 0 Å². The van der Waals surface area contributed by atoms with Gasteiger partial charge in [0, 0.05) is 39.5 Å². The third-order valence-corrected chi connectivity index (χ3v) is 8.84. The Labute approximate surface area is 256 Å². The minimum Gasteiger partial charge on any atom is -0.308 e. The van der Waals surface area contributed by atoms with Gasteiger partial charge in [-0.3, -0.25) is 4.98 Å². The maximum absolute atomic E-state index is 11.1. The Morgan fingerprint density at radius 3 is 1.27 bits per heavy atom. The van der Waals surface area contributed by atoms with Gasteiger partial charge in [-0.05, 0) is 98.0 Å². The average Bonchev–Trinajstić information content (AvgIpc) is 3.51. The van der Waals surface area contributed by atoms with Gasteiger partial charge >= 0.3 is 0 Å². The maximum Gasteiger partial charge on any atom is 0.104 e. The van der Waals surface area contributed by atoms with E-state index in [2.05, 4.69) is 139 Å². The molecule has 0 aliphatic rings. The molecule has 5 aromatic carbocycles. The molecule has 0 aliphatic carbocycles. The Kier molecular flexibility index (Phi) is 5.73. The van der Waals surface area contributed by atoms with Gasteiger partial charge in [-0.25, -0.2) is 0 Å². The summed E-state index contributed by atoms with van der Waals surface area (Å²) in [6, 6.07) is 37.4. The van der Waals surface area contributed by atoms with Crippen molar-refractivity contribution in [1.29, 1.82) is 5.26 Å². The van der Waals surface area contributed by atoms with Gasteiger partial charge in [-0.2, -0.15) is 5.26 Å². The van der Waals surface area contributed by atoms with E-state index in [0.717, 1.165) is 44.6 Å². The molecule has 0 atom stereocenters. The highest BCUT2D eigenvalue weighted by molar-refractivity contribution is 6.11. The first-order valence-electron chi connectivity index (χ1n) is 14.9. The summed E-state index contributed by atoms with van der Waals surface area (Å²) in [4.78, 5) is 4.46. The molecule has 0 unspecified atom stereocenters. The van der Waals surface area contributed by atoms with E-state index >= 15 is 0 Å². The predicted octanol–water partition coefficient (Wildman–Crippen LogP) is 10.0. The van der Waals surface area contributed by atoms with Crippen molar-refractivity contribution in [1.82, 2.24) is 14.1 Å². The average molecular weight is 567 g/mol. The Hall–Kier alpha value is -5.66. The summed E-state index contributed by atoms with van der Waals surface area (Å²) in [5.41, 5.74) is 13.4. The molecule has 0 fully saturated rings. The molecule has 0 saturated heterocycles. The van der Waals surface area contributed by atoms with Gasteiger partial charge in [-0.15, -0.1) is 0 Å². The number of fused-ring (bicyclic) bond motifs is 6. The lowest BCUT2D eigenvalue weighted by Crippen LogP contribution is -2.05. The molecule has 0 radical (unpaired) electrons. The van der Waals surface area contributed by atoms with Crippen molar-refractivity contribution >= 4 is 43.6 Å². The highest BCUT2D eigenvalue weighted by Crippen LogP contribution is 2.40. The minimum atomic E-state index is 0.626. The van der Waals surface area contributed by atoms with Crippen LogP contribution in [0.1, 0.15) is 27.8 Å². The number of nitriles is 1. The van der Waals surface area contributed by atoms with Crippen molar-refractivity contribution in [2.24, 2.45) is 0 Å². The van der Waals surface area contributed by atoms with Crippen molar-refractivity contribution in [2.45, 2.75) is 27.7 Å². The lowest BCUT2D eigenvalue weighted by molar-refractivity contribution is 1.11. The lowest BCUT2D eigenvalue weighted by Gasteiger charge is -2.18. The van der Waals surface area contributed by atoms with Crippen LogP contribution >= 0.6 is 0 Å². The molecule has 0 spiro atoms. The van der Waals surface area contributed by atoms with Crippen molar-refractivity contribution < 1.29 is 0 Å². The van der Waals surface area contributed by atoms with E-state index in [1.165, 1.54) is 43.8 Å². The van der Waals surface area contributed by atoms with Gasteiger partial charge in [-0.1, -0.05) is 54.6 Å². The summed E-state index contributed by atoms with van der Waals surface area (Å²) in [6.45, 7) is 8.49. The van der Waals surface area contributed by atoms with Crippen LogP contribution in [0.15, 0.2) is 109 Å². The zero-order valence-corrected chi connectivity index (χ0v) is 25.2. The number of pyridine rings is 1. The number of hydrogen-bond donors (Lipinski definition) is 0. The van der Waals surface area contributed by atoms with Gasteiger partial charge in [0.2, 0.25) is 0 Å². The standard InChI is InChI=1S/C40H30N4/c1-24-7-11-30-31-12-8-25(2)17-36(31)43(35(30)16-24)39-20-29(28-6-5-15-42-23-28)21-40(34(39)22-41)44-37-18-26(3)9-13-32(37)33-14-10-27(4)19-38(33)44/h5-21,23H,1-4H3. The van der Waals surface area contributed by atoms with E-state index < -0.39 is 0 Å². The second-order valence-corrected chi connectivity index (χ2v) is 12.0. The third kappa shape index (κ3) is 3.87. The SMILES string of the molecule is Cc1ccc2c3ccc(C)cc3n(-c3cc(-c4cccnc4)cc(-n4c5cc(C)ccc5c5ccc(C)cc54)c3C#N)c2c1. The first-order chi connectivity index (χ1) is 21.4. The fraction of sp³-hybridized carbons (Fsp3) is 0.100. The Bertz CT molecular complexity index is 2220. The second-order valence-electron chi connectivity index (χ2n) is 12.0. The van der Waals surface area contributed by atoms with E-state index in [1.54, 1.807) is 6.20 Å². The number of benzene rings is 5. The molecule has 3 heterocycles. The normalized spacial score (nSPS) is 11.6. The molecular weight excluding hydrogens is 536 g/mol. The van der Waals surface area contributed by atoms with Crippen molar-refractivity contribution in [3.8, 4) is 28.6 Å². The largest absolute Gasteiger partial charge is 0.308 e. The molecule has 0 N–H and O–H groups in total. The molecule has 0 bridgehead atoms. The summed E-state index contributed by atoms with van der Waals surface area (Å²) >= 11 is 0. The maximum atomic E-state index is 11.1. The van der Waals surface area contributed by atoms with Crippen molar-refractivity contribution in [3.63, 3.8) is 0 Å². The fourth-order valence-electron chi connectivity index (χ4n) is 6.78. The molecule has 44 heavy (non-hydrogen) atoms. The summed E-state index contributed by atoms with van der Waals surface area (Å²) in [7, 11) is 0. The number of nitrogens with zero attached hydrogens (tertiary/aromatic N) is 4. The molecule has 8 aromatic rings. The van der Waals surface area contributed by atoms with E-state index in [9.17, 15) is 5.26 Å². The minimum absolute atomic E-state index is 0.626. The van der Waals surface area contributed by atoms with Gasteiger partial charge in [0.05, 0.1) is 33.4 Å². The van der Waals surface area contributed by atoms with Gasteiger partial charge in [0.1, 0.15) is 11.6 Å². The molecule has 4 nitrogen and oxygen atoms in total. The van der Waals surface area contributed by atoms with E-state index in [4.69, 9.17) is 0 Å². The van der Waals surface area contributed by atoms with Gasteiger partial charge in [0.25, 0.3) is 0 Å². The smallest absolute Gasteiger partial charge is 0.104 e. The quantitative estimate of drug-likeness (QED) is 0.214. The summed E-state index contributed by atoms with van der Waals surface area (Å²) in [5.74, 6) is 0.